The molecule has 1 fully saturated rings. The molecule has 1 aliphatic rings. The van der Waals surface area contributed by atoms with E-state index in [1.165, 1.54) is 35.9 Å². The number of thioether (sulfide) groups is 1. The van der Waals surface area contributed by atoms with Crippen molar-refractivity contribution in [2.75, 3.05) is 0 Å². The summed E-state index contributed by atoms with van der Waals surface area (Å²) in [6.45, 7) is 8.01. The minimum absolute atomic E-state index is 0.00346. The van der Waals surface area contributed by atoms with Crippen LogP contribution in [0.2, 0.25) is 0 Å². The molecule has 5 nitrogen and oxygen atoms in total. The summed E-state index contributed by atoms with van der Waals surface area (Å²) >= 11 is 2.87. The van der Waals surface area contributed by atoms with E-state index in [-0.39, 0.29) is 22.8 Å². The van der Waals surface area contributed by atoms with E-state index < -0.39 is 0 Å². The molecule has 0 bridgehead atoms. The van der Waals surface area contributed by atoms with Crippen LogP contribution in [-0.4, -0.2) is 26.8 Å². The van der Waals surface area contributed by atoms with E-state index >= 15 is 0 Å². The Morgan fingerprint density at radius 2 is 2.06 bits per heavy atom. The number of aromatic nitrogens is 2. The fraction of sp³-hybridized carbons (Fsp3) is 0.375. The summed E-state index contributed by atoms with van der Waals surface area (Å²) < 4.78 is 1.63. The third-order valence-electron chi connectivity index (χ3n) is 5.72. The van der Waals surface area contributed by atoms with E-state index in [0.29, 0.717) is 21.9 Å². The SMILES string of the molecule is C=CCn1c(SC(C)C(=O)NC2CCCC2)nc2sc(-c3ccccc3)c(C)c2c1=O. The van der Waals surface area contributed by atoms with Crippen LogP contribution < -0.4 is 10.9 Å². The second-order valence-electron chi connectivity index (χ2n) is 7.95. The lowest BCUT2D eigenvalue weighted by molar-refractivity contribution is -0.120. The van der Waals surface area contributed by atoms with Gasteiger partial charge in [-0.2, -0.15) is 0 Å². The molecule has 1 aromatic carbocycles. The third-order valence-corrected chi connectivity index (χ3v) is 8.04. The highest BCUT2D eigenvalue weighted by molar-refractivity contribution is 8.00. The van der Waals surface area contributed by atoms with Gasteiger partial charge in [0.05, 0.1) is 10.6 Å². The zero-order valence-electron chi connectivity index (χ0n) is 17.9. The lowest BCUT2D eigenvalue weighted by atomic mass is 10.1. The van der Waals surface area contributed by atoms with E-state index in [9.17, 15) is 9.59 Å². The average molecular weight is 454 g/mol. The van der Waals surface area contributed by atoms with Gasteiger partial charge in [0.2, 0.25) is 5.91 Å². The van der Waals surface area contributed by atoms with Gasteiger partial charge in [0, 0.05) is 17.5 Å². The molecule has 0 aliphatic heterocycles. The number of hydrogen-bond acceptors (Lipinski definition) is 5. The van der Waals surface area contributed by atoms with Crippen LogP contribution in [0.5, 0.6) is 0 Å². The van der Waals surface area contributed by atoms with Gasteiger partial charge in [0.25, 0.3) is 5.56 Å². The molecule has 4 rings (SSSR count). The highest BCUT2D eigenvalue weighted by atomic mass is 32.2. The molecule has 0 spiro atoms. The maximum atomic E-state index is 13.4. The van der Waals surface area contributed by atoms with Crippen LogP contribution in [0.15, 0.2) is 52.9 Å². The summed E-state index contributed by atoms with van der Waals surface area (Å²) in [7, 11) is 0. The molecule has 3 aromatic rings. The molecular formula is C24H27N3O2S2. The molecule has 0 saturated heterocycles. The molecule has 7 heteroatoms. The number of amides is 1. The Kier molecular flexibility index (Phi) is 6.62. The molecule has 1 saturated carbocycles. The first-order chi connectivity index (χ1) is 15.0. The zero-order chi connectivity index (χ0) is 22.0. The maximum absolute atomic E-state index is 13.4. The normalized spacial score (nSPS) is 15.3. The summed E-state index contributed by atoms with van der Waals surface area (Å²) in [6, 6.07) is 10.3. The van der Waals surface area contributed by atoms with E-state index in [2.05, 4.69) is 11.9 Å². The molecule has 162 valence electrons. The van der Waals surface area contributed by atoms with Gasteiger partial charge in [-0.1, -0.05) is 61.0 Å². The van der Waals surface area contributed by atoms with E-state index in [1.54, 1.807) is 10.6 Å². The molecule has 31 heavy (non-hydrogen) atoms. The summed E-state index contributed by atoms with van der Waals surface area (Å²) in [6.07, 6.45) is 6.13. The van der Waals surface area contributed by atoms with Crippen LogP contribution in [-0.2, 0) is 11.3 Å². The minimum atomic E-state index is -0.337. The topological polar surface area (TPSA) is 64.0 Å². The summed E-state index contributed by atoms with van der Waals surface area (Å²) in [5.74, 6) is 0.00346. The van der Waals surface area contributed by atoms with Gasteiger partial charge in [0.15, 0.2) is 5.16 Å². The van der Waals surface area contributed by atoms with Gasteiger partial charge in [0.1, 0.15) is 4.83 Å². The Hall–Kier alpha value is -2.38. The number of carbonyl (C=O) groups is 1. The number of rotatable bonds is 7. The first-order valence-electron chi connectivity index (χ1n) is 10.7. The maximum Gasteiger partial charge on any atom is 0.263 e. The molecule has 2 aromatic heterocycles. The van der Waals surface area contributed by atoms with Gasteiger partial charge in [-0.25, -0.2) is 4.98 Å². The molecular weight excluding hydrogens is 426 g/mol. The van der Waals surface area contributed by atoms with Crippen LogP contribution in [0.1, 0.15) is 38.2 Å². The quantitative estimate of drug-likeness (QED) is 0.305. The van der Waals surface area contributed by atoms with Crippen molar-refractivity contribution in [1.82, 2.24) is 14.9 Å². The highest BCUT2D eigenvalue weighted by Gasteiger charge is 2.24. The van der Waals surface area contributed by atoms with Crippen molar-refractivity contribution in [3.05, 3.63) is 58.9 Å². The fourth-order valence-electron chi connectivity index (χ4n) is 4.04. The van der Waals surface area contributed by atoms with Gasteiger partial charge < -0.3 is 5.32 Å². The number of hydrogen-bond donors (Lipinski definition) is 1. The van der Waals surface area contributed by atoms with Crippen molar-refractivity contribution >= 4 is 39.2 Å². The predicted molar refractivity (Wildman–Crippen MR) is 130 cm³/mol. The number of allylic oxidation sites excluding steroid dienone is 1. The Bertz CT molecular complexity index is 1160. The third kappa shape index (κ3) is 4.48. The monoisotopic (exact) mass is 453 g/mol. The number of nitrogens with one attached hydrogen (secondary N) is 1. The number of aryl methyl sites for hydroxylation is 1. The van der Waals surface area contributed by atoms with Gasteiger partial charge in [-0.05, 0) is 37.8 Å². The Balaban J connectivity index is 1.70. The number of benzene rings is 1. The van der Waals surface area contributed by atoms with Crippen molar-refractivity contribution < 1.29 is 4.79 Å². The molecule has 1 N–H and O–H groups in total. The van der Waals surface area contributed by atoms with Crippen LogP contribution >= 0.6 is 23.1 Å². The highest BCUT2D eigenvalue weighted by Crippen LogP contribution is 2.37. The first-order valence-corrected chi connectivity index (χ1v) is 12.4. The second-order valence-corrected chi connectivity index (χ2v) is 10.3. The number of nitrogens with zero attached hydrogens (tertiary/aromatic N) is 2. The molecule has 1 amide bonds. The molecule has 1 aliphatic carbocycles. The van der Waals surface area contributed by atoms with Crippen molar-refractivity contribution in [2.45, 2.75) is 62.5 Å². The summed E-state index contributed by atoms with van der Waals surface area (Å²) in [4.78, 5) is 32.7. The van der Waals surface area contributed by atoms with Gasteiger partial charge >= 0.3 is 0 Å². The predicted octanol–water partition coefficient (Wildman–Crippen LogP) is 5.16. The van der Waals surface area contributed by atoms with Crippen LogP contribution in [0.4, 0.5) is 0 Å². The number of fused-ring (bicyclic) bond motifs is 1. The fourth-order valence-corrected chi connectivity index (χ4v) is 6.20. The van der Waals surface area contributed by atoms with E-state index in [0.717, 1.165) is 28.8 Å². The standard InChI is InChI=1S/C24H27N3O2S2/c1-4-14-27-23(29)19-15(2)20(17-10-6-5-7-11-17)31-22(19)26-24(27)30-16(3)21(28)25-18-12-8-9-13-18/h4-7,10-11,16,18H,1,8-9,12-14H2,2-3H3,(H,25,28). The van der Waals surface area contributed by atoms with Crippen molar-refractivity contribution in [1.29, 1.82) is 0 Å². The minimum Gasteiger partial charge on any atom is -0.352 e. The van der Waals surface area contributed by atoms with E-state index in [1.807, 2.05) is 44.2 Å². The Morgan fingerprint density at radius 1 is 1.35 bits per heavy atom. The van der Waals surface area contributed by atoms with Crippen molar-refractivity contribution in [3.63, 3.8) is 0 Å². The number of carbonyl (C=O) groups excluding carboxylic acids is 1. The van der Waals surface area contributed by atoms with Crippen molar-refractivity contribution in [3.8, 4) is 10.4 Å². The Labute approximate surface area is 190 Å². The smallest absolute Gasteiger partial charge is 0.263 e. The summed E-state index contributed by atoms with van der Waals surface area (Å²) in [5, 5.41) is 4.02. The summed E-state index contributed by atoms with van der Waals surface area (Å²) in [5.41, 5.74) is 1.95. The second kappa shape index (κ2) is 9.40. The van der Waals surface area contributed by atoms with Crippen LogP contribution in [0.25, 0.3) is 20.7 Å². The van der Waals surface area contributed by atoms with Crippen molar-refractivity contribution in [2.24, 2.45) is 0 Å². The zero-order valence-corrected chi connectivity index (χ0v) is 19.5. The molecule has 1 unspecified atom stereocenters. The van der Waals surface area contributed by atoms with Gasteiger partial charge in [-0.3, -0.25) is 14.2 Å². The average Bonchev–Trinajstić information content (AvgIpc) is 3.39. The largest absolute Gasteiger partial charge is 0.352 e. The Morgan fingerprint density at radius 3 is 2.74 bits per heavy atom. The van der Waals surface area contributed by atoms with Crippen LogP contribution in [0, 0.1) is 6.92 Å². The van der Waals surface area contributed by atoms with Crippen LogP contribution in [0.3, 0.4) is 0 Å². The van der Waals surface area contributed by atoms with Gasteiger partial charge in [-0.15, -0.1) is 17.9 Å². The molecule has 2 heterocycles. The first kappa shape index (κ1) is 21.8. The molecule has 1 atom stereocenters. The lowest BCUT2D eigenvalue weighted by Gasteiger charge is -2.17. The lowest BCUT2D eigenvalue weighted by Crippen LogP contribution is -2.38. The number of thiophene rings is 1. The van der Waals surface area contributed by atoms with E-state index in [4.69, 9.17) is 4.98 Å². The molecule has 0 radical (unpaired) electrons.